The Bertz CT molecular complexity index is 739. The van der Waals surface area contributed by atoms with Gasteiger partial charge < -0.3 is 14.7 Å². The van der Waals surface area contributed by atoms with Gasteiger partial charge in [0, 0.05) is 19.7 Å². The van der Waals surface area contributed by atoms with E-state index in [0.717, 1.165) is 28.2 Å². The van der Waals surface area contributed by atoms with Crippen LogP contribution in [0.4, 0.5) is 5.69 Å². The van der Waals surface area contributed by atoms with Gasteiger partial charge >= 0.3 is 0 Å². The molecule has 5 nitrogen and oxygen atoms in total. The van der Waals surface area contributed by atoms with E-state index in [-0.39, 0.29) is 0 Å². The Morgan fingerprint density at radius 3 is 2.67 bits per heavy atom. The van der Waals surface area contributed by atoms with E-state index in [4.69, 9.17) is 10.2 Å². The van der Waals surface area contributed by atoms with Gasteiger partial charge in [-0.05, 0) is 25.1 Å². The number of imidazole rings is 1. The van der Waals surface area contributed by atoms with E-state index in [0.29, 0.717) is 11.7 Å². The molecule has 2 aromatic heterocycles. The lowest BCUT2D eigenvalue weighted by atomic mass is 10.3. The van der Waals surface area contributed by atoms with Crippen LogP contribution in [-0.2, 0) is 7.05 Å². The number of fused-ring (bicyclic) bond motifs is 1. The molecule has 0 fully saturated rings. The summed E-state index contributed by atoms with van der Waals surface area (Å²) in [5.41, 5.74) is 9.25. The molecular formula is C13H14N4O. The maximum Gasteiger partial charge on any atom is 0.193 e. The van der Waals surface area contributed by atoms with Crippen molar-refractivity contribution in [3.8, 4) is 11.6 Å². The molecular weight excluding hydrogens is 228 g/mol. The molecule has 0 spiro atoms. The minimum absolute atomic E-state index is 0.647. The first-order valence-electron chi connectivity index (χ1n) is 5.72. The standard InChI is InChI=1S/C13H14N4O/c1-7-12(18-8(2)15-7)13-16-10-5-4-9(14)6-11(10)17(13)3/h4-6H,14H2,1-3H3. The van der Waals surface area contributed by atoms with Crippen molar-refractivity contribution in [3.63, 3.8) is 0 Å². The molecule has 0 saturated carbocycles. The number of hydrogen-bond acceptors (Lipinski definition) is 4. The highest BCUT2D eigenvalue weighted by molar-refractivity contribution is 5.82. The lowest BCUT2D eigenvalue weighted by Gasteiger charge is -1.99. The van der Waals surface area contributed by atoms with Crippen LogP contribution in [0.2, 0.25) is 0 Å². The molecule has 0 unspecified atom stereocenters. The summed E-state index contributed by atoms with van der Waals surface area (Å²) in [6.45, 7) is 3.75. The number of hydrogen-bond donors (Lipinski definition) is 1. The Labute approximate surface area is 104 Å². The highest BCUT2D eigenvalue weighted by Gasteiger charge is 2.16. The van der Waals surface area contributed by atoms with E-state index in [1.165, 1.54) is 0 Å². The third kappa shape index (κ3) is 1.48. The summed E-state index contributed by atoms with van der Waals surface area (Å²) in [5.74, 6) is 2.13. The zero-order chi connectivity index (χ0) is 12.9. The molecule has 0 aliphatic rings. The second-order valence-electron chi connectivity index (χ2n) is 4.39. The molecule has 3 aromatic rings. The summed E-state index contributed by atoms with van der Waals surface area (Å²) in [5, 5.41) is 0. The number of aryl methyl sites for hydroxylation is 3. The topological polar surface area (TPSA) is 69.9 Å². The molecule has 92 valence electrons. The smallest absolute Gasteiger partial charge is 0.193 e. The molecule has 2 N–H and O–H groups in total. The van der Waals surface area contributed by atoms with E-state index in [2.05, 4.69) is 9.97 Å². The zero-order valence-corrected chi connectivity index (χ0v) is 10.6. The molecule has 1 aromatic carbocycles. The van der Waals surface area contributed by atoms with Crippen molar-refractivity contribution in [1.82, 2.24) is 14.5 Å². The van der Waals surface area contributed by atoms with Gasteiger partial charge in [0.25, 0.3) is 0 Å². The van der Waals surface area contributed by atoms with Crippen molar-refractivity contribution >= 4 is 16.7 Å². The van der Waals surface area contributed by atoms with E-state index in [9.17, 15) is 0 Å². The lowest BCUT2D eigenvalue weighted by Crippen LogP contribution is -1.93. The van der Waals surface area contributed by atoms with Crippen LogP contribution in [0.15, 0.2) is 22.6 Å². The highest BCUT2D eigenvalue weighted by Crippen LogP contribution is 2.27. The Hall–Kier alpha value is -2.30. The predicted octanol–water partition coefficient (Wildman–Crippen LogP) is 2.43. The second-order valence-corrected chi connectivity index (χ2v) is 4.39. The number of nitrogen functional groups attached to an aromatic ring is 1. The molecule has 0 radical (unpaired) electrons. The minimum Gasteiger partial charge on any atom is -0.437 e. The normalized spacial score (nSPS) is 11.3. The van der Waals surface area contributed by atoms with E-state index < -0.39 is 0 Å². The maximum atomic E-state index is 5.80. The molecule has 5 heteroatoms. The van der Waals surface area contributed by atoms with Gasteiger partial charge in [0.15, 0.2) is 17.5 Å². The molecule has 3 rings (SSSR count). The molecule has 18 heavy (non-hydrogen) atoms. The van der Waals surface area contributed by atoms with Gasteiger partial charge in [0.05, 0.1) is 16.7 Å². The first-order chi connectivity index (χ1) is 8.56. The number of benzene rings is 1. The molecule has 0 amide bonds. The lowest BCUT2D eigenvalue weighted by molar-refractivity contribution is 0.528. The predicted molar refractivity (Wildman–Crippen MR) is 70.1 cm³/mol. The zero-order valence-electron chi connectivity index (χ0n) is 10.6. The van der Waals surface area contributed by atoms with E-state index in [1.807, 2.05) is 43.7 Å². The van der Waals surface area contributed by atoms with Crippen molar-refractivity contribution in [3.05, 3.63) is 29.8 Å². The van der Waals surface area contributed by atoms with Crippen LogP contribution in [0.3, 0.4) is 0 Å². The van der Waals surface area contributed by atoms with Crippen LogP contribution in [0.1, 0.15) is 11.6 Å². The molecule has 2 heterocycles. The van der Waals surface area contributed by atoms with Gasteiger partial charge in [-0.25, -0.2) is 9.97 Å². The quantitative estimate of drug-likeness (QED) is 0.665. The average Bonchev–Trinajstić information content (AvgIpc) is 2.80. The summed E-state index contributed by atoms with van der Waals surface area (Å²) < 4.78 is 7.59. The SMILES string of the molecule is Cc1nc(C)c(-c2nc3ccc(N)cc3n2C)o1. The van der Waals surface area contributed by atoms with E-state index in [1.54, 1.807) is 0 Å². The highest BCUT2D eigenvalue weighted by atomic mass is 16.4. The number of anilines is 1. The van der Waals surface area contributed by atoms with E-state index >= 15 is 0 Å². The number of oxazole rings is 1. The fraction of sp³-hybridized carbons (Fsp3) is 0.231. The number of aromatic nitrogens is 3. The van der Waals surface area contributed by atoms with Gasteiger partial charge in [-0.2, -0.15) is 0 Å². The summed E-state index contributed by atoms with van der Waals surface area (Å²) in [6, 6.07) is 5.66. The molecule has 0 atom stereocenters. The summed E-state index contributed by atoms with van der Waals surface area (Å²) in [4.78, 5) is 8.84. The number of nitrogens with two attached hydrogens (primary N) is 1. The van der Waals surface area contributed by atoms with Crippen molar-refractivity contribution in [2.75, 3.05) is 5.73 Å². The molecule has 0 saturated heterocycles. The summed E-state index contributed by atoms with van der Waals surface area (Å²) in [7, 11) is 1.95. The maximum absolute atomic E-state index is 5.80. The van der Waals surface area contributed by atoms with Crippen molar-refractivity contribution in [2.24, 2.45) is 7.05 Å². The molecule has 0 aliphatic heterocycles. The first kappa shape index (κ1) is 10.8. The first-order valence-corrected chi connectivity index (χ1v) is 5.72. The van der Waals surface area contributed by atoms with Crippen LogP contribution in [-0.4, -0.2) is 14.5 Å². The van der Waals surface area contributed by atoms with Crippen LogP contribution >= 0.6 is 0 Å². The fourth-order valence-corrected chi connectivity index (χ4v) is 2.15. The van der Waals surface area contributed by atoms with Gasteiger partial charge in [0.2, 0.25) is 0 Å². The van der Waals surface area contributed by atoms with Crippen molar-refractivity contribution in [1.29, 1.82) is 0 Å². The van der Waals surface area contributed by atoms with Gasteiger partial charge in [-0.3, -0.25) is 0 Å². The monoisotopic (exact) mass is 242 g/mol. The van der Waals surface area contributed by atoms with Crippen molar-refractivity contribution < 1.29 is 4.42 Å². The minimum atomic E-state index is 0.647. The van der Waals surface area contributed by atoms with Gasteiger partial charge in [-0.1, -0.05) is 0 Å². The Morgan fingerprint density at radius 1 is 1.22 bits per heavy atom. The average molecular weight is 242 g/mol. The largest absolute Gasteiger partial charge is 0.437 e. The third-order valence-electron chi connectivity index (χ3n) is 3.01. The van der Waals surface area contributed by atoms with Crippen molar-refractivity contribution in [2.45, 2.75) is 13.8 Å². The van der Waals surface area contributed by atoms with Crippen LogP contribution in [0.5, 0.6) is 0 Å². The Morgan fingerprint density at radius 2 is 2.00 bits per heavy atom. The Balaban J connectivity index is 2.30. The number of nitrogens with zero attached hydrogens (tertiary/aromatic N) is 3. The second kappa shape index (κ2) is 3.60. The summed E-state index contributed by atoms with van der Waals surface area (Å²) in [6.07, 6.45) is 0. The van der Waals surface area contributed by atoms with Crippen LogP contribution in [0.25, 0.3) is 22.6 Å². The number of rotatable bonds is 1. The third-order valence-corrected chi connectivity index (χ3v) is 3.01. The fourth-order valence-electron chi connectivity index (χ4n) is 2.15. The Kier molecular flexibility index (Phi) is 2.16. The molecule has 0 bridgehead atoms. The van der Waals surface area contributed by atoms with Gasteiger partial charge in [-0.15, -0.1) is 0 Å². The van der Waals surface area contributed by atoms with Crippen LogP contribution < -0.4 is 5.73 Å². The van der Waals surface area contributed by atoms with Gasteiger partial charge in [0.1, 0.15) is 0 Å². The molecule has 0 aliphatic carbocycles. The summed E-state index contributed by atoms with van der Waals surface area (Å²) >= 11 is 0. The van der Waals surface area contributed by atoms with Crippen LogP contribution in [0, 0.1) is 13.8 Å².